The number of hydrogen-bond donors (Lipinski definition) is 0. The number of benzene rings is 1. The zero-order chi connectivity index (χ0) is 10.6. The van der Waals surface area contributed by atoms with Crippen molar-refractivity contribution < 1.29 is 0 Å². The molecule has 0 N–H and O–H groups in total. The molecule has 0 nitrogen and oxygen atoms in total. The standard InChI is InChI=1S/C13H17P/c1-4-11(9-14)13-7-5-12(6-8-13)10(2)3/h4-10,14H,1-3H3/b11-4+. The van der Waals surface area contributed by atoms with Crippen molar-refractivity contribution in [1.82, 2.24) is 0 Å². The molecule has 0 radical (unpaired) electrons. The first-order valence-electron chi connectivity index (χ1n) is 4.96. The Bertz CT molecular complexity index is 331. The molecule has 1 aromatic rings. The van der Waals surface area contributed by atoms with Crippen molar-refractivity contribution in [3.8, 4) is 0 Å². The maximum atomic E-state index is 3.41. The summed E-state index contributed by atoms with van der Waals surface area (Å²) in [6.07, 6.45) is 2.09. The van der Waals surface area contributed by atoms with Gasteiger partial charge in [-0.2, -0.15) is 0 Å². The molecule has 0 amide bonds. The van der Waals surface area contributed by atoms with Crippen LogP contribution in [0.4, 0.5) is 0 Å². The third-order valence-electron chi connectivity index (χ3n) is 2.38. The smallest absolute Gasteiger partial charge is 0.0184 e. The van der Waals surface area contributed by atoms with Gasteiger partial charge in [0.15, 0.2) is 0 Å². The van der Waals surface area contributed by atoms with E-state index in [4.69, 9.17) is 0 Å². The van der Waals surface area contributed by atoms with Crippen LogP contribution in [-0.4, -0.2) is 5.80 Å². The number of allylic oxidation sites excluding steroid dienone is 2. The average Bonchev–Trinajstić information content (AvgIpc) is 2.20. The van der Waals surface area contributed by atoms with E-state index in [1.165, 1.54) is 16.7 Å². The minimum absolute atomic E-state index is 0.602. The fourth-order valence-corrected chi connectivity index (χ4v) is 1.73. The van der Waals surface area contributed by atoms with Crippen LogP contribution < -0.4 is 0 Å². The summed E-state index contributed by atoms with van der Waals surface area (Å²) in [7, 11) is 3.41. The number of rotatable bonds is 3. The molecular weight excluding hydrogens is 187 g/mol. The summed E-state index contributed by atoms with van der Waals surface area (Å²) in [6.45, 7) is 6.46. The quantitative estimate of drug-likeness (QED) is 0.648. The Hall–Kier alpha value is -0.870. The molecule has 1 rings (SSSR count). The molecule has 0 aliphatic heterocycles. The summed E-state index contributed by atoms with van der Waals surface area (Å²) >= 11 is 0. The largest absolute Gasteiger partial charge is 0.122 e. The van der Waals surface area contributed by atoms with Crippen molar-refractivity contribution in [2.75, 3.05) is 0 Å². The normalized spacial score (nSPS) is 11.9. The lowest BCUT2D eigenvalue weighted by Crippen LogP contribution is -1.89. The topological polar surface area (TPSA) is 0 Å². The van der Waals surface area contributed by atoms with Crippen LogP contribution in [0, 0.1) is 0 Å². The highest BCUT2D eigenvalue weighted by atomic mass is 31.0. The molecule has 0 saturated heterocycles. The fraction of sp³-hybridized carbons (Fsp3) is 0.308. The van der Waals surface area contributed by atoms with Gasteiger partial charge in [-0.1, -0.05) is 44.2 Å². The molecular formula is C13H17P. The summed E-state index contributed by atoms with van der Waals surface area (Å²) in [5.74, 6) is 2.55. The molecule has 0 heterocycles. The van der Waals surface area contributed by atoms with E-state index >= 15 is 0 Å². The molecule has 0 saturated carbocycles. The molecule has 0 unspecified atom stereocenters. The summed E-state index contributed by atoms with van der Waals surface area (Å²) in [4.78, 5) is 0. The lowest BCUT2D eigenvalue weighted by atomic mass is 9.99. The zero-order valence-electron chi connectivity index (χ0n) is 9.04. The van der Waals surface area contributed by atoms with Gasteiger partial charge in [-0.05, 0) is 35.3 Å². The van der Waals surface area contributed by atoms with Crippen LogP contribution in [0.15, 0.2) is 30.3 Å². The van der Waals surface area contributed by atoms with Crippen molar-refractivity contribution in [2.45, 2.75) is 26.7 Å². The van der Waals surface area contributed by atoms with E-state index < -0.39 is 0 Å². The lowest BCUT2D eigenvalue weighted by Gasteiger charge is -2.06. The van der Waals surface area contributed by atoms with E-state index in [-0.39, 0.29) is 0 Å². The van der Waals surface area contributed by atoms with Gasteiger partial charge >= 0.3 is 0 Å². The molecule has 0 spiro atoms. The van der Waals surface area contributed by atoms with Gasteiger partial charge < -0.3 is 0 Å². The predicted octanol–water partition coefficient (Wildman–Crippen LogP) is 4.16. The van der Waals surface area contributed by atoms with Crippen LogP contribution >= 0.6 is 8.86 Å². The van der Waals surface area contributed by atoms with Crippen molar-refractivity contribution in [3.05, 3.63) is 41.5 Å². The van der Waals surface area contributed by atoms with Gasteiger partial charge in [0.2, 0.25) is 0 Å². The van der Waals surface area contributed by atoms with Crippen LogP contribution in [0.3, 0.4) is 0 Å². The highest BCUT2D eigenvalue weighted by Gasteiger charge is 1.99. The summed E-state index contributed by atoms with van der Waals surface area (Å²) < 4.78 is 0. The van der Waals surface area contributed by atoms with Crippen molar-refractivity contribution >= 4 is 20.2 Å². The first-order chi connectivity index (χ1) is 6.69. The molecule has 1 heteroatoms. The minimum atomic E-state index is 0.602. The third-order valence-corrected chi connectivity index (χ3v) is 2.69. The molecule has 0 bridgehead atoms. The molecule has 0 fully saturated rings. The van der Waals surface area contributed by atoms with Crippen LogP contribution in [0.2, 0.25) is 0 Å². The van der Waals surface area contributed by atoms with Crippen LogP contribution in [-0.2, 0) is 0 Å². The maximum absolute atomic E-state index is 3.41. The van der Waals surface area contributed by atoms with E-state index in [2.05, 4.69) is 53.1 Å². The Kier molecular flexibility index (Phi) is 4.10. The second kappa shape index (κ2) is 5.12. The fourth-order valence-electron chi connectivity index (χ4n) is 1.39. The molecule has 0 aromatic heterocycles. The Morgan fingerprint density at radius 1 is 1.21 bits per heavy atom. The number of hydrogen-bond acceptors (Lipinski definition) is 0. The van der Waals surface area contributed by atoms with E-state index in [0.29, 0.717) is 5.92 Å². The first-order valence-corrected chi connectivity index (χ1v) is 5.54. The van der Waals surface area contributed by atoms with Gasteiger partial charge in [0.1, 0.15) is 0 Å². The lowest BCUT2D eigenvalue weighted by molar-refractivity contribution is 0.866. The monoisotopic (exact) mass is 204 g/mol. The van der Waals surface area contributed by atoms with E-state index in [1.54, 1.807) is 0 Å². The van der Waals surface area contributed by atoms with Crippen molar-refractivity contribution in [2.24, 2.45) is 0 Å². The summed E-state index contributed by atoms with van der Waals surface area (Å²) in [6, 6.07) is 8.72. The molecule has 14 heavy (non-hydrogen) atoms. The van der Waals surface area contributed by atoms with E-state index in [9.17, 15) is 0 Å². The van der Waals surface area contributed by atoms with Gasteiger partial charge in [0, 0.05) is 0 Å². The van der Waals surface area contributed by atoms with Crippen molar-refractivity contribution in [1.29, 1.82) is 0 Å². The van der Waals surface area contributed by atoms with Gasteiger partial charge in [-0.15, -0.1) is 8.86 Å². The molecule has 0 aliphatic rings. The van der Waals surface area contributed by atoms with Crippen LogP contribution in [0.5, 0.6) is 0 Å². The molecule has 0 aliphatic carbocycles. The molecule has 74 valence electrons. The Morgan fingerprint density at radius 3 is 2.14 bits per heavy atom. The van der Waals surface area contributed by atoms with Gasteiger partial charge in [0.05, 0.1) is 0 Å². The minimum Gasteiger partial charge on any atom is -0.122 e. The maximum Gasteiger partial charge on any atom is -0.0184 e. The first kappa shape index (κ1) is 11.2. The predicted molar refractivity (Wildman–Crippen MR) is 68.6 cm³/mol. The molecule has 1 aromatic carbocycles. The highest BCUT2D eigenvalue weighted by Crippen LogP contribution is 2.18. The van der Waals surface area contributed by atoms with E-state index in [0.717, 1.165) is 0 Å². The van der Waals surface area contributed by atoms with E-state index in [1.807, 2.05) is 12.7 Å². The summed E-state index contributed by atoms with van der Waals surface area (Å²) in [5.41, 5.74) is 3.86. The van der Waals surface area contributed by atoms with Gasteiger partial charge in [-0.3, -0.25) is 0 Å². The van der Waals surface area contributed by atoms with Crippen LogP contribution in [0.25, 0.3) is 5.57 Å². The van der Waals surface area contributed by atoms with Gasteiger partial charge in [-0.25, -0.2) is 0 Å². The Labute approximate surface area is 88.9 Å². The summed E-state index contributed by atoms with van der Waals surface area (Å²) in [5, 5.41) is 0. The van der Waals surface area contributed by atoms with Crippen LogP contribution in [0.1, 0.15) is 37.8 Å². The average molecular weight is 204 g/mol. The van der Waals surface area contributed by atoms with Crippen molar-refractivity contribution in [3.63, 3.8) is 0 Å². The zero-order valence-corrected chi connectivity index (χ0v) is 10.0. The Morgan fingerprint density at radius 2 is 1.79 bits per heavy atom. The third kappa shape index (κ3) is 2.56. The highest BCUT2D eigenvalue weighted by molar-refractivity contribution is 7.20. The Balaban J connectivity index is 2.99. The van der Waals surface area contributed by atoms with Gasteiger partial charge in [0.25, 0.3) is 0 Å². The second-order valence-corrected chi connectivity index (χ2v) is 3.95. The molecule has 0 atom stereocenters. The SMILES string of the molecule is C/C=C(\C=P)c1ccc(C(C)C)cc1. The second-order valence-electron chi connectivity index (χ2n) is 3.67.